The fourth-order valence-electron chi connectivity index (χ4n) is 3.05. The van der Waals surface area contributed by atoms with Crippen molar-refractivity contribution in [2.75, 3.05) is 31.5 Å². The quantitative estimate of drug-likeness (QED) is 0.656. The standard InChI is InChI=1S/C20H23FN4O2/c1-3-25(4-2)8-7-22-19(26)13-9-15(23-12-13)11-17-16-10-14(21)5-6-18(16)24-20(17)27/h5-6,9-12,23H,3-4,7-8H2,1-2H3,(H,22,26)(H,24,27)/b17-11-. The number of H-pyrrole nitrogens is 1. The molecule has 2 heterocycles. The van der Waals surface area contributed by atoms with E-state index in [1.165, 1.54) is 18.2 Å². The lowest BCUT2D eigenvalue weighted by Crippen LogP contribution is -2.34. The van der Waals surface area contributed by atoms with Crippen LogP contribution in [0, 0.1) is 5.82 Å². The van der Waals surface area contributed by atoms with Crippen LogP contribution >= 0.6 is 0 Å². The Morgan fingerprint density at radius 3 is 2.78 bits per heavy atom. The SMILES string of the molecule is CCN(CC)CCNC(=O)c1c[nH]c(/C=C2\C(=O)Nc3ccc(F)cc32)c1. The number of benzene rings is 1. The van der Waals surface area contributed by atoms with E-state index in [1.807, 2.05) is 0 Å². The number of nitrogens with zero attached hydrogens (tertiary/aromatic N) is 1. The van der Waals surface area contributed by atoms with Gasteiger partial charge in [0.1, 0.15) is 5.82 Å². The van der Waals surface area contributed by atoms with E-state index in [0.29, 0.717) is 34.6 Å². The van der Waals surface area contributed by atoms with Gasteiger partial charge in [0.15, 0.2) is 0 Å². The molecular weight excluding hydrogens is 347 g/mol. The zero-order valence-electron chi connectivity index (χ0n) is 15.4. The Morgan fingerprint density at radius 1 is 1.26 bits per heavy atom. The smallest absolute Gasteiger partial charge is 0.256 e. The molecule has 0 saturated heterocycles. The number of carbonyl (C=O) groups is 2. The van der Waals surface area contributed by atoms with Gasteiger partial charge in [0.25, 0.3) is 11.8 Å². The summed E-state index contributed by atoms with van der Waals surface area (Å²) in [5.74, 6) is -0.878. The number of carbonyl (C=O) groups excluding carboxylic acids is 2. The number of hydrogen-bond acceptors (Lipinski definition) is 3. The molecule has 7 heteroatoms. The molecule has 2 aromatic rings. The van der Waals surface area contributed by atoms with Gasteiger partial charge in [-0.1, -0.05) is 13.8 Å². The first-order chi connectivity index (χ1) is 13.0. The molecule has 0 fully saturated rings. The van der Waals surface area contributed by atoms with Gasteiger partial charge >= 0.3 is 0 Å². The van der Waals surface area contributed by atoms with E-state index in [0.717, 1.165) is 19.6 Å². The molecule has 0 radical (unpaired) electrons. The molecule has 142 valence electrons. The van der Waals surface area contributed by atoms with Crippen molar-refractivity contribution in [2.24, 2.45) is 0 Å². The monoisotopic (exact) mass is 370 g/mol. The minimum absolute atomic E-state index is 0.176. The van der Waals surface area contributed by atoms with E-state index in [1.54, 1.807) is 18.3 Å². The molecule has 0 spiro atoms. The summed E-state index contributed by atoms with van der Waals surface area (Å²) < 4.78 is 13.5. The Balaban J connectivity index is 1.69. The van der Waals surface area contributed by atoms with Crippen molar-refractivity contribution in [3.63, 3.8) is 0 Å². The lowest BCUT2D eigenvalue weighted by molar-refractivity contribution is -0.110. The van der Waals surface area contributed by atoms with E-state index < -0.39 is 5.82 Å². The van der Waals surface area contributed by atoms with Crippen LogP contribution in [0.3, 0.4) is 0 Å². The summed E-state index contributed by atoms with van der Waals surface area (Å²) in [4.78, 5) is 29.6. The van der Waals surface area contributed by atoms with Gasteiger partial charge in [0.05, 0.1) is 11.1 Å². The predicted molar refractivity (Wildman–Crippen MR) is 104 cm³/mol. The Morgan fingerprint density at radius 2 is 2.04 bits per heavy atom. The number of aromatic amines is 1. The van der Waals surface area contributed by atoms with Gasteiger partial charge in [0, 0.05) is 36.2 Å². The molecule has 0 unspecified atom stereocenters. The van der Waals surface area contributed by atoms with Gasteiger partial charge in [0.2, 0.25) is 0 Å². The average molecular weight is 370 g/mol. The van der Waals surface area contributed by atoms with E-state index in [2.05, 4.69) is 34.4 Å². The number of fused-ring (bicyclic) bond motifs is 1. The highest BCUT2D eigenvalue weighted by Crippen LogP contribution is 2.33. The number of aromatic nitrogens is 1. The zero-order valence-corrected chi connectivity index (χ0v) is 15.4. The minimum Gasteiger partial charge on any atom is -0.361 e. The number of halogens is 1. The van der Waals surface area contributed by atoms with E-state index in [9.17, 15) is 14.0 Å². The summed E-state index contributed by atoms with van der Waals surface area (Å²) in [7, 11) is 0. The summed E-state index contributed by atoms with van der Waals surface area (Å²) in [6.45, 7) is 7.41. The van der Waals surface area contributed by atoms with E-state index >= 15 is 0 Å². The lowest BCUT2D eigenvalue weighted by Gasteiger charge is -2.17. The number of nitrogens with one attached hydrogen (secondary N) is 3. The molecule has 0 atom stereocenters. The van der Waals surface area contributed by atoms with E-state index in [-0.39, 0.29) is 11.8 Å². The molecule has 0 bridgehead atoms. The molecule has 2 amide bonds. The van der Waals surface area contributed by atoms with Crippen LogP contribution in [0.4, 0.5) is 10.1 Å². The molecule has 1 aromatic heterocycles. The van der Waals surface area contributed by atoms with Gasteiger partial charge in [-0.3, -0.25) is 9.59 Å². The molecule has 0 aliphatic carbocycles. The van der Waals surface area contributed by atoms with Gasteiger partial charge in [-0.05, 0) is 43.4 Å². The third-order valence-electron chi connectivity index (χ3n) is 4.64. The topological polar surface area (TPSA) is 77.2 Å². The van der Waals surface area contributed by atoms with Crippen molar-refractivity contribution in [1.29, 1.82) is 0 Å². The molecule has 1 aromatic carbocycles. The molecule has 27 heavy (non-hydrogen) atoms. The number of rotatable bonds is 7. The van der Waals surface area contributed by atoms with Crippen LogP contribution in [-0.2, 0) is 4.79 Å². The molecule has 1 aliphatic rings. The maximum atomic E-state index is 13.5. The number of hydrogen-bond donors (Lipinski definition) is 3. The molecular formula is C20H23FN4O2. The van der Waals surface area contributed by atoms with E-state index in [4.69, 9.17) is 0 Å². The first kappa shape index (κ1) is 18.8. The van der Waals surface area contributed by atoms with Crippen LogP contribution in [0.25, 0.3) is 11.6 Å². The Hall–Kier alpha value is -2.93. The Kier molecular flexibility index (Phi) is 5.71. The van der Waals surface area contributed by atoms with Crippen LogP contribution in [-0.4, -0.2) is 47.9 Å². The van der Waals surface area contributed by atoms with Crippen molar-refractivity contribution in [2.45, 2.75) is 13.8 Å². The minimum atomic E-state index is -0.407. The summed E-state index contributed by atoms with van der Waals surface area (Å²) in [6, 6.07) is 5.83. The normalized spacial score (nSPS) is 14.5. The maximum absolute atomic E-state index is 13.5. The fourth-order valence-corrected chi connectivity index (χ4v) is 3.05. The fraction of sp³-hybridized carbons (Fsp3) is 0.300. The molecule has 1 aliphatic heterocycles. The summed E-state index contributed by atoms with van der Waals surface area (Å²) in [6.07, 6.45) is 3.21. The van der Waals surface area contributed by atoms with Crippen molar-refractivity contribution < 1.29 is 14.0 Å². The van der Waals surface area contributed by atoms with Crippen LogP contribution in [0.5, 0.6) is 0 Å². The summed E-state index contributed by atoms with van der Waals surface area (Å²) in [5.41, 5.74) is 2.54. The summed E-state index contributed by atoms with van der Waals surface area (Å²) >= 11 is 0. The van der Waals surface area contributed by atoms with Crippen molar-refractivity contribution in [3.05, 3.63) is 53.1 Å². The third-order valence-corrected chi connectivity index (χ3v) is 4.64. The Labute approximate surface area is 157 Å². The first-order valence-corrected chi connectivity index (χ1v) is 9.03. The number of anilines is 1. The first-order valence-electron chi connectivity index (χ1n) is 9.03. The van der Waals surface area contributed by atoms with Crippen LogP contribution < -0.4 is 10.6 Å². The van der Waals surface area contributed by atoms with Gasteiger partial charge in [-0.25, -0.2) is 4.39 Å². The van der Waals surface area contributed by atoms with Gasteiger partial charge in [-0.2, -0.15) is 0 Å². The second-order valence-electron chi connectivity index (χ2n) is 6.33. The number of likely N-dealkylation sites (N-methyl/N-ethyl adjacent to an activating group) is 1. The maximum Gasteiger partial charge on any atom is 0.256 e. The molecule has 0 saturated carbocycles. The highest BCUT2D eigenvalue weighted by Gasteiger charge is 2.24. The highest BCUT2D eigenvalue weighted by molar-refractivity contribution is 6.34. The Bertz CT molecular complexity index is 884. The van der Waals surface area contributed by atoms with Gasteiger partial charge in [-0.15, -0.1) is 0 Å². The molecule has 6 nitrogen and oxygen atoms in total. The second kappa shape index (κ2) is 8.18. The van der Waals surface area contributed by atoms with Crippen molar-refractivity contribution in [1.82, 2.24) is 15.2 Å². The lowest BCUT2D eigenvalue weighted by atomic mass is 10.1. The predicted octanol–water partition coefficient (Wildman–Crippen LogP) is 2.72. The van der Waals surface area contributed by atoms with Gasteiger partial charge < -0.3 is 20.5 Å². The third kappa shape index (κ3) is 4.25. The highest BCUT2D eigenvalue weighted by atomic mass is 19.1. The van der Waals surface area contributed by atoms with Crippen LogP contribution in [0.2, 0.25) is 0 Å². The molecule has 3 N–H and O–H groups in total. The molecule has 3 rings (SSSR count). The van der Waals surface area contributed by atoms with Crippen molar-refractivity contribution >= 4 is 29.2 Å². The largest absolute Gasteiger partial charge is 0.361 e. The number of amides is 2. The zero-order chi connectivity index (χ0) is 19.4. The van der Waals surface area contributed by atoms with Crippen molar-refractivity contribution in [3.8, 4) is 0 Å². The van der Waals surface area contributed by atoms with Crippen LogP contribution in [0.1, 0.15) is 35.5 Å². The average Bonchev–Trinajstić information content (AvgIpc) is 3.24. The second-order valence-corrected chi connectivity index (χ2v) is 6.33. The van der Waals surface area contributed by atoms with Crippen LogP contribution in [0.15, 0.2) is 30.5 Å². The summed E-state index contributed by atoms with van der Waals surface area (Å²) in [5, 5.41) is 5.59.